The van der Waals surface area contributed by atoms with Crippen LogP contribution in [-0.4, -0.2) is 6.41 Å². The standard InChI is InChI=1S/C11H10.CH3NO/c1-2-9-3-5-10(6-4-9)11-7-8-11;2-1-3/h1,3-6,11H,7-8H2;1H,(H2,2,3). The van der Waals surface area contributed by atoms with Gasteiger partial charge in [-0.25, -0.2) is 0 Å². The monoisotopic (exact) mass is 187 g/mol. The van der Waals surface area contributed by atoms with Gasteiger partial charge in [0.1, 0.15) is 0 Å². The zero-order valence-corrected chi connectivity index (χ0v) is 7.94. The predicted octanol–water partition coefficient (Wildman–Crippen LogP) is 1.65. The van der Waals surface area contributed by atoms with Gasteiger partial charge in [0, 0.05) is 5.56 Å². The predicted molar refractivity (Wildman–Crippen MR) is 56.6 cm³/mol. The highest BCUT2D eigenvalue weighted by atomic mass is 16.1. The Bertz CT molecular complexity index is 330. The van der Waals surface area contributed by atoms with E-state index in [1.54, 1.807) is 0 Å². The number of hydrogen-bond acceptors (Lipinski definition) is 1. The fourth-order valence-corrected chi connectivity index (χ4v) is 1.27. The number of nitrogens with two attached hydrogens (primary N) is 1. The Kier molecular flexibility index (Phi) is 3.75. The molecule has 2 heteroatoms. The van der Waals surface area contributed by atoms with E-state index in [0.717, 1.165) is 11.5 Å². The number of carbonyl (C=O) groups is 1. The zero-order chi connectivity index (χ0) is 10.4. The fraction of sp³-hybridized carbons (Fsp3) is 0.250. The summed E-state index contributed by atoms with van der Waals surface area (Å²) in [5.74, 6) is 3.45. The molecule has 0 atom stereocenters. The van der Waals surface area contributed by atoms with Crippen LogP contribution in [0, 0.1) is 12.3 Å². The first-order valence-electron chi connectivity index (χ1n) is 4.53. The molecule has 0 spiro atoms. The van der Waals surface area contributed by atoms with Crippen molar-refractivity contribution in [2.75, 3.05) is 0 Å². The van der Waals surface area contributed by atoms with Gasteiger partial charge in [-0.05, 0) is 36.5 Å². The molecule has 1 amide bonds. The summed E-state index contributed by atoms with van der Waals surface area (Å²) < 4.78 is 0. The molecule has 1 aromatic carbocycles. The van der Waals surface area contributed by atoms with Crippen molar-refractivity contribution in [2.45, 2.75) is 18.8 Å². The van der Waals surface area contributed by atoms with Gasteiger partial charge in [-0.2, -0.15) is 0 Å². The lowest BCUT2D eigenvalue weighted by Crippen LogP contribution is -1.82. The molecule has 1 aliphatic carbocycles. The van der Waals surface area contributed by atoms with Gasteiger partial charge < -0.3 is 5.73 Å². The summed E-state index contributed by atoms with van der Waals surface area (Å²) in [5, 5.41) is 0. The molecule has 0 unspecified atom stereocenters. The third-order valence-electron chi connectivity index (χ3n) is 2.13. The van der Waals surface area contributed by atoms with Crippen LogP contribution in [0.15, 0.2) is 24.3 Å². The quantitative estimate of drug-likeness (QED) is 0.527. The van der Waals surface area contributed by atoms with Crippen molar-refractivity contribution >= 4 is 6.41 Å². The minimum atomic E-state index is 0.250. The summed E-state index contributed by atoms with van der Waals surface area (Å²) in [6, 6.07) is 8.33. The lowest BCUT2D eigenvalue weighted by molar-refractivity contribution is -0.106. The van der Waals surface area contributed by atoms with Crippen LogP contribution in [0.1, 0.15) is 29.9 Å². The average molecular weight is 187 g/mol. The van der Waals surface area contributed by atoms with Crippen LogP contribution in [0.5, 0.6) is 0 Å². The Morgan fingerprint density at radius 3 is 2.21 bits per heavy atom. The van der Waals surface area contributed by atoms with Crippen molar-refractivity contribution in [3.05, 3.63) is 35.4 Å². The summed E-state index contributed by atoms with van der Waals surface area (Å²) in [7, 11) is 0. The maximum atomic E-state index is 8.58. The van der Waals surface area contributed by atoms with Gasteiger partial charge in [0.15, 0.2) is 0 Å². The molecule has 1 saturated carbocycles. The van der Waals surface area contributed by atoms with Crippen molar-refractivity contribution in [2.24, 2.45) is 5.73 Å². The van der Waals surface area contributed by atoms with Crippen molar-refractivity contribution in [1.29, 1.82) is 0 Å². The average Bonchev–Trinajstić information content (AvgIpc) is 3.03. The summed E-state index contributed by atoms with van der Waals surface area (Å²) in [5.41, 5.74) is 6.60. The van der Waals surface area contributed by atoms with E-state index in [9.17, 15) is 0 Å². The molecule has 0 bridgehead atoms. The minimum absolute atomic E-state index is 0.250. The van der Waals surface area contributed by atoms with Crippen molar-refractivity contribution in [3.63, 3.8) is 0 Å². The van der Waals surface area contributed by atoms with E-state index in [2.05, 4.69) is 23.8 Å². The second-order valence-corrected chi connectivity index (χ2v) is 3.18. The Labute approximate surface area is 84.1 Å². The van der Waals surface area contributed by atoms with Gasteiger partial charge in [-0.1, -0.05) is 18.1 Å². The molecule has 72 valence electrons. The number of rotatable bonds is 1. The normalized spacial score (nSPS) is 13.4. The van der Waals surface area contributed by atoms with E-state index in [-0.39, 0.29) is 6.41 Å². The number of primary amides is 1. The van der Waals surface area contributed by atoms with Crippen LogP contribution in [0.4, 0.5) is 0 Å². The van der Waals surface area contributed by atoms with Crippen LogP contribution in [0.2, 0.25) is 0 Å². The molecular formula is C12H13NO. The minimum Gasteiger partial charge on any atom is -0.372 e. The Hall–Kier alpha value is -1.75. The Balaban J connectivity index is 0.000000293. The van der Waals surface area contributed by atoms with Crippen LogP contribution in [-0.2, 0) is 4.79 Å². The third-order valence-corrected chi connectivity index (χ3v) is 2.13. The highest BCUT2D eigenvalue weighted by Gasteiger charge is 2.22. The maximum Gasteiger partial charge on any atom is 0.204 e. The van der Waals surface area contributed by atoms with Crippen LogP contribution < -0.4 is 5.73 Å². The first-order chi connectivity index (χ1) is 6.81. The van der Waals surface area contributed by atoms with E-state index in [4.69, 9.17) is 11.2 Å². The molecule has 2 rings (SSSR count). The zero-order valence-electron chi connectivity index (χ0n) is 7.94. The molecule has 0 aliphatic heterocycles. The van der Waals surface area contributed by atoms with Crippen LogP contribution in [0.25, 0.3) is 0 Å². The van der Waals surface area contributed by atoms with Gasteiger partial charge in [0.25, 0.3) is 0 Å². The molecule has 0 radical (unpaired) electrons. The van der Waals surface area contributed by atoms with E-state index < -0.39 is 0 Å². The topological polar surface area (TPSA) is 43.1 Å². The van der Waals surface area contributed by atoms with E-state index >= 15 is 0 Å². The number of hydrogen-bond donors (Lipinski definition) is 1. The third kappa shape index (κ3) is 2.95. The van der Waals surface area contributed by atoms with Gasteiger partial charge in [0.05, 0.1) is 0 Å². The molecule has 0 heterocycles. The fourth-order valence-electron chi connectivity index (χ4n) is 1.27. The van der Waals surface area contributed by atoms with Crippen molar-refractivity contribution in [3.8, 4) is 12.3 Å². The van der Waals surface area contributed by atoms with Crippen molar-refractivity contribution < 1.29 is 4.79 Å². The number of terminal acetylenes is 1. The molecule has 0 aromatic heterocycles. The second kappa shape index (κ2) is 5.08. The number of carbonyl (C=O) groups excluding carboxylic acids is 1. The van der Waals surface area contributed by atoms with Crippen LogP contribution >= 0.6 is 0 Å². The number of benzene rings is 1. The highest BCUT2D eigenvalue weighted by molar-refractivity contribution is 5.42. The maximum absolute atomic E-state index is 8.58. The molecule has 1 fully saturated rings. The van der Waals surface area contributed by atoms with Gasteiger partial charge in [0.2, 0.25) is 6.41 Å². The molecule has 14 heavy (non-hydrogen) atoms. The van der Waals surface area contributed by atoms with E-state index in [1.165, 1.54) is 18.4 Å². The van der Waals surface area contributed by atoms with Gasteiger partial charge >= 0.3 is 0 Å². The first-order valence-corrected chi connectivity index (χ1v) is 4.53. The smallest absolute Gasteiger partial charge is 0.204 e. The molecule has 1 aromatic rings. The summed E-state index contributed by atoms with van der Waals surface area (Å²) in [4.78, 5) is 8.58. The molecule has 2 N–H and O–H groups in total. The highest BCUT2D eigenvalue weighted by Crippen LogP contribution is 2.39. The summed E-state index contributed by atoms with van der Waals surface area (Å²) >= 11 is 0. The van der Waals surface area contributed by atoms with Gasteiger partial charge in [-0.3, -0.25) is 4.79 Å². The molecule has 1 aliphatic rings. The molecular weight excluding hydrogens is 174 g/mol. The number of amides is 1. The largest absolute Gasteiger partial charge is 0.372 e. The van der Waals surface area contributed by atoms with Crippen molar-refractivity contribution in [1.82, 2.24) is 0 Å². The van der Waals surface area contributed by atoms with Crippen LogP contribution in [0.3, 0.4) is 0 Å². The molecule has 2 nitrogen and oxygen atoms in total. The van der Waals surface area contributed by atoms with E-state index in [1.807, 2.05) is 12.1 Å². The van der Waals surface area contributed by atoms with Gasteiger partial charge in [-0.15, -0.1) is 6.42 Å². The SMILES string of the molecule is C#Cc1ccc(C2CC2)cc1.NC=O. The van der Waals surface area contributed by atoms with E-state index in [0.29, 0.717) is 0 Å². The first kappa shape index (κ1) is 10.3. The molecule has 0 saturated heterocycles. The lowest BCUT2D eigenvalue weighted by Gasteiger charge is -1.95. The Morgan fingerprint density at radius 1 is 1.36 bits per heavy atom. The summed E-state index contributed by atoms with van der Waals surface area (Å²) in [6.45, 7) is 0. The second-order valence-electron chi connectivity index (χ2n) is 3.18. The Morgan fingerprint density at radius 2 is 1.86 bits per heavy atom. The summed E-state index contributed by atoms with van der Waals surface area (Å²) in [6.07, 6.45) is 8.20. The lowest BCUT2D eigenvalue weighted by atomic mass is 10.1.